The second kappa shape index (κ2) is 17.8. The third-order valence-corrected chi connectivity index (χ3v) is 14.7. The van der Waals surface area contributed by atoms with Gasteiger partial charge in [0.05, 0.1) is 53.0 Å². The number of ketones is 1. The zero-order valence-corrected chi connectivity index (χ0v) is 37.5. The first-order valence-electron chi connectivity index (χ1n) is 22.1. The molecule has 3 heterocycles. The summed E-state index contributed by atoms with van der Waals surface area (Å²) in [5, 5.41) is 65.7. The molecule has 4 aliphatic carbocycles. The summed E-state index contributed by atoms with van der Waals surface area (Å²) in [4.78, 5) is 40.8. The number of amides is 1. The van der Waals surface area contributed by atoms with E-state index in [1.54, 1.807) is 46.8 Å². The van der Waals surface area contributed by atoms with Crippen LogP contribution in [0.5, 0.6) is 23.0 Å². The fourth-order valence-electron chi connectivity index (χ4n) is 11.2. The number of phenols is 3. The topological polar surface area (TPSA) is 226 Å². The van der Waals surface area contributed by atoms with Crippen molar-refractivity contribution in [2.24, 2.45) is 52.4 Å². The molecule has 1 amide bonds. The molecule has 0 aromatic heterocycles. The van der Waals surface area contributed by atoms with E-state index in [4.69, 9.17) is 18.9 Å². The number of hydrazone groups is 1. The van der Waals surface area contributed by atoms with Crippen LogP contribution in [0.2, 0.25) is 0 Å². The highest BCUT2D eigenvalue weighted by Gasteiger charge is 2.51. The Morgan fingerprint density at radius 2 is 1.56 bits per heavy atom. The predicted molar refractivity (Wildman–Crippen MR) is 235 cm³/mol. The number of carbonyl (C=O) groups is 3. The van der Waals surface area contributed by atoms with Gasteiger partial charge in [-0.25, -0.2) is 0 Å². The van der Waals surface area contributed by atoms with Gasteiger partial charge in [-0.15, -0.1) is 0 Å². The van der Waals surface area contributed by atoms with Crippen molar-refractivity contribution >= 4 is 40.3 Å². The van der Waals surface area contributed by atoms with Crippen molar-refractivity contribution < 1.29 is 58.9 Å². The summed E-state index contributed by atoms with van der Waals surface area (Å²) in [7, 11) is 1.45. The first kappa shape index (κ1) is 45.9. The molecule has 0 saturated heterocycles. The van der Waals surface area contributed by atoms with Gasteiger partial charge in [0.2, 0.25) is 0 Å². The lowest BCUT2D eigenvalue weighted by Crippen LogP contribution is -2.53. The molecule has 342 valence electrons. The van der Waals surface area contributed by atoms with Gasteiger partial charge >= 0.3 is 11.8 Å². The molecule has 7 aliphatic rings. The molecule has 9 atom stereocenters. The number of benzene rings is 2. The largest absolute Gasteiger partial charge is 0.507 e. The predicted octanol–water partition coefficient (Wildman–Crippen LogP) is 6.50. The van der Waals surface area contributed by atoms with E-state index in [2.05, 4.69) is 15.8 Å². The van der Waals surface area contributed by atoms with Gasteiger partial charge in [-0.1, -0.05) is 45.9 Å². The molecule has 2 aromatic rings. The van der Waals surface area contributed by atoms with Crippen LogP contribution in [-0.4, -0.2) is 92.8 Å². The van der Waals surface area contributed by atoms with Gasteiger partial charge < -0.3 is 55.2 Å². The van der Waals surface area contributed by atoms with Gasteiger partial charge in [0.25, 0.3) is 11.7 Å². The van der Waals surface area contributed by atoms with E-state index in [0.29, 0.717) is 11.8 Å². The number of fused-ring (bicyclic) bond motifs is 14. The quantitative estimate of drug-likeness (QED) is 0.0561. The Morgan fingerprint density at radius 1 is 0.905 bits per heavy atom. The number of hydrogen-bond acceptors (Lipinski definition) is 14. The zero-order valence-electron chi connectivity index (χ0n) is 37.5. The number of rotatable bonds is 5. The molecular weight excluding hydrogens is 811 g/mol. The highest BCUT2D eigenvalue weighted by Crippen LogP contribution is 2.56. The molecule has 4 saturated carbocycles. The van der Waals surface area contributed by atoms with Gasteiger partial charge in [0, 0.05) is 67.2 Å². The van der Waals surface area contributed by atoms with E-state index in [1.807, 2.05) is 0 Å². The maximum absolute atomic E-state index is 14.6. The number of methoxy groups -OCH3 is 1. The minimum atomic E-state index is -2.04. The maximum Gasteiger partial charge on any atom is 0.312 e. The average Bonchev–Trinajstić information content (AvgIpc) is 3.50. The van der Waals surface area contributed by atoms with Crippen LogP contribution in [0.3, 0.4) is 0 Å². The number of nitrogens with zero attached hydrogens (tertiary/aromatic N) is 1. The molecule has 0 radical (unpaired) electrons. The lowest BCUT2D eigenvalue weighted by Gasteiger charge is -2.54. The van der Waals surface area contributed by atoms with Gasteiger partial charge in [-0.3, -0.25) is 14.4 Å². The van der Waals surface area contributed by atoms with Crippen LogP contribution in [0.4, 0.5) is 5.69 Å². The number of Topliss-reactive ketones (excluding diaryl/α,β-unsaturated/α-hetero) is 1. The summed E-state index contributed by atoms with van der Waals surface area (Å²) in [6.07, 6.45) is 10.8. The Hall–Kier alpha value is -5.12. The number of anilines is 1. The first-order chi connectivity index (χ1) is 29.8. The summed E-state index contributed by atoms with van der Waals surface area (Å²) >= 11 is 0. The minimum absolute atomic E-state index is 0.0662. The lowest BCUT2D eigenvalue weighted by atomic mass is 9.54. The van der Waals surface area contributed by atoms with E-state index in [0.717, 1.165) is 37.5 Å². The number of aliphatic hydroxyl groups excluding tert-OH is 2. The Morgan fingerprint density at radius 3 is 2.17 bits per heavy atom. The number of aromatic hydroxyl groups is 3. The van der Waals surface area contributed by atoms with Gasteiger partial charge in [-0.2, -0.15) is 5.10 Å². The van der Waals surface area contributed by atoms with Crippen LogP contribution >= 0.6 is 0 Å². The van der Waals surface area contributed by atoms with E-state index in [1.165, 1.54) is 58.9 Å². The number of carbonyl (C=O) groups excluding carboxylic acids is 3. The van der Waals surface area contributed by atoms with Gasteiger partial charge in [0.15, 0.2) is 5.75 Å². The third-order valence-electron chi connectivity index (χ3n) is 14.7. The second-order valence-electron chi connectivity index (χ2n) is 19.0. The molecule has 0 spiro atoms. The van der Waals surface area contributed by atoms with E-state index >= 15 is 0 Å². The summed E-state index contributed by atoms with van der Waals surface area (Å²) in [6.45, 7) is 12.6. The molecule has 15 heteroatoms. The van der Waals surface area contributed by atoms with Crippen molar-refractivity contribution in [3.8, 4) is 23.0 Å². The van der Waals surface area contributed by atoms with Crippen LogP contribution in [0.15, 0.2) is 41.2 Å². The molecular formula is C48H63N3O12. The van der Waals surface area contributed by atoms with Gasteiger partial charge in [0.1, 0.15) is 23.4 Å². The molecule has 3 aliphatic heterocycles. The summed E-state index contributed by atoms with van der Waals surface area (Å²) < 4.78 is 23.7. The standard InChI is InChI=1S/C48H63N3O12/c1-21-11-10-12-22(2)47(59)50-38-32(20-49-51-37-30-16-28-15-29(18-30)19-31(37)17-28)42(56)34-35(43(38)57)41(55)26(6)45-36(34)46(58)48(8,63-45)61-14-13-33(60-9)23(3)44(62-27(7)52)25(5)40(54)24(4)39(21)53/h10-14,20-21,23-25,28-31,33,37,39-40,44,51,53-57H,15-19H2,1-9H3,(H,50,59)/b11-10?,14-13?,22-12?,49-20+. The van der Waals surface area contributed by atoms with E-state index in [-0.39, 0.29) is 50.5 Å². The number of allylic oxidation sites excluding steroid dienone is 2. The van der Waals surface area contributed by atoms with Crippen molar-refractivity contribution in [3.05, 3.63) is 52.8 Å². The zero-order chi connectivity index (χ0) is 45.8. The number of hydrogen-bond donors (Lipinski definition) is 7. The number of aliphatic hydroxyl groups is 2. The molecule has 4 fully saturated rings. The van der Waals surface area contributed by atoms with Gasteiger partial charge in [-0.05, 0) is 75.7 Å². The summed E-state index contributed by atoms with van der Waals surface area (Å²) in [5.74, 6) is -5.86. The van der Waals surface area contributed by atoms with Crippen LogP contribution in [-0.2, 0) is 23.8 Å². The molecule has 63 heavy (non-hydrogen) atoms. The van der Waals surface area contributed by atoms with Crippen molar-refractivity contribution in [1.82, 2.24) is 5.43 Å². The van der Waals surface area contributed by atoms with E-state index in [9.17, 15) is 39.9 Å². The molecule has 9 bridgehead atoms. The summed E-state index contributed by atoms with van der Waals surface area (Å²) in [6, 6.07) is 0.120. The normalized spacial score (nSPS) is 35.8. The Bertz CT molecular complexity index is 2240. The number of phenolic OH excluding ortho intramolecular Hbond substituents is 3. The van der Waals surface area contributed by atoms with Crippen LogP contribution in [0.1, 0.15) is 102 Å². The van der Waals surface area contributed by atoms with Crippen molar-refractivity contribution in [2.45, 2.75) is 124 Å². The Balaban J connectivity index is 1.34. The SMILES string of the molecule is COC1C=COC2(C)Oc3c(C)c(O)c4c(O)c(c(/C=N/NC5C6CC7CC(C6)CC5C7)c(O)c4c3C2=O)NC(=O)C(C)=CC=CC(C)C(O)C(C)C(O)C(C)C(OC(C)=O)C1C. The van der Waals surface area contributed by atoms with E-state index < -0.39 is 88.8 Å². The number of esters is 1. The van der Waals surface area contributed by atoms with Crippen LogP contribution in [0.25, 0.3) is 10.8 Å². The molecule has 9 rings (SSSR count). The molecule has 9 unspecified atom stereocenters. The highest BCUT2D eigenvalue weighted by atomic mass is 16.7. The monoisotopic (exact) mass is 873 g/mol. The first-order valence-corrected chi connectivity index (χ1v) is 22.1. The number of nitrogens with one attached hydrogen (secondary N) is 2. The minimum Gasteiger partial charge on any atom is -0.507 e. The fourth-order valence-corrected chi connectivity index (χ4v) is 11.2. The van der Waals surface area contributed by atoms with Crippen molar-refractivity contribution in [1.29, 1.82) is 0 Å². The van der Waals surface area contributed by atoms with Crippen molar-refractivity contribution in [2.75, 3.05) is 12.4 Å². The highest BCUT2D eigenvalue weighted by molar-refractivity contribution is 6.23. The Kier molecular flexibility index (Phi) is 13.0. The Labute approximate surface area is 368 Å². The molecule has 7 N–H and O–H groups in total. The second-order valence-corrected chi connectivity index (χ2v) is 19.0. The smallest absolute Gasteiger partial charge is 0.312 e. The lowest BCUT2D eigenvalue weighted by molar-refractivity contribution is -0.160. The van der Waals surface area contributed by atoms with Crippen molar-refractivity contribution in [3.63, 3.8) is 0 Å². The average molecular weight is 874 g/mol. The third kappa shape index (κ3) is 8.39. The fraction of sp³-hybridized carbons (Fsp3) is 0.583. The number of ether oxygens (including phenoxy) is 4. The molecule has 15 nitrogen and oxygen atoms in total. The van der Waals surface area contributed by atoms with Crippen LogP contribution in [0, 0.1) is 54.3 Å². The maximum atomic E-state index is 14.6. The van der Waals surface area contributed by atoms with Crippen LogP contribution < -0.4 is 15.5 Å². The molecule has 2 aromatic carbocycles. The summed E-state index contributed by atoms with van der Waals surface area (Å²) in [5.41, 5.74) is 3.05.